The van der Waals surface area contributed by atoms with Gasteiger partial charge in [0.1, 0.15) is 5.82 Å². The number of esters is 1. The van der Waals surface area contributed by atoms with Crippen LogP contribution in [0.2, 0.25) is 0 Å². The first kappa shape index (κ1) is 21.5. The van der Waals surface area contributed by atoms with Gasteiger partial charge in [0.15, 0.2) is 6.61 Å². The van der Waals surface area contributed by atoms with Crippen LogP contribution in [0.4, 0.5) is 9.18 Å². The highest BCUT2D eigenvalue weighted by atomic mass is 32.2. The Morgan fingerprint density at radius 2 is 1.88 bits per heavy atom. The van der Waals surface area contributed by atoms with Gasteiger partial charge in [0.2, 0.25) is 10.0 Å². The molecule has 0 fully saturated rings. The Balaban J connectivity index is 2.79. The molecule has 1 aromatic carbocycles. The standard InChI is InChI=1S/C15H20FN3O6S/c1-4-7-17-15(22)18-13(20)9-25-14(21)11-8-10(5-6-12(11)16)26(23,24)19(2)3/h5-6,8H,4,7,9H2,1-3H3,(H2,17,18,20,22). The van der Waals surface area contributed by atoms with E-state index in [4.69, 9.17) is 0 Å². The second-order valence-electron chi connectivity index (χ2n) is 5.31. The van der Waals surface area contributed by atoms with Gasteiger partial charge in [-0.2, -0.15) is 0 Å². The van der Waals surface area contributed by atoms with Crippen molar-refractivity contribution in [2.75, 3.05) is 27.2 Å². The van der Waals surface area contributed by atoms with Crippen LogP contribution in [-0.4, -0.2) is 57.9 Å². The molecule has 0 bridgehead atoms. The largest absolute Gasteiger partial charge is 0.452 e. The summed E-state index contributed by atoms with van der Waals surface area (Å²) in [7, 11) is -1.31. The molecule has 9 nitrogen and oxygen atoms in total. The van der Waals surface area contributed by atoms with Crippen molar-refractivity contribution in [2.45, 2.75) is 18.2 Å². The van der Waals surface area contributed by atoms with Crippen LogP contribution in [0.25, 0.3) is 0 Å². The number of urea groups is 1. The van der Waals surface area contributed by atoms with E-state index in [1.807, 2.05) is 12.2 Å². The molecule has 11 heteroatoms. The molecule has 26 heavy (non-hydrogen) atoms. The Bertz CT molecular complexity index is 795. The third-order valence-electron chi connectivity index (χ3n) is 3.06. The number of hydrogen-bond acceptors (Lipinski definition) is 6. The molecule has 1 rings (SSSR count). The first-order chi connectivity index (χ1) is 12.1. The van der Waals surface area contributed by atoms with Crippen molar-refractivity contribution in [3.63, 3.8) is 0 Å². The van der Waals surface area contributed by atoms with Crippen molar-refractivity contribution < 1.29 is 31.9 Å². The highest BCUT2D eigenvalue weighted by molar-refractivity contribution is 7.89. The molecule has 1 aromatic rings. The molecule has 0 heterocycles. The fraction of sp³-hybridized carbons (Fsp3) is 0.400. The van der Waals surface area contributed by atoms with Crippen molar-refractivity contribution in [3.8, 4) is 0 Å². The number of halogens is 1. The Morgan fingerprint density at radius 3 is 2.46 bits per heavy atom. The smallest absolute Gasteiger partial charge is 0.341 e. The van der Waals surface area contributed by atoms with Crippen LogP contribution in [0, 0.1) is 5.82 Å². The Hall–Kier alpha value is -2.53. The molecular weight excluding hydrogens is 369 g/mol. The molecule has 3 amide bonds. The van der Waals surface area contributed by atoms with Crippen molar-refractivity contribution in [2.24, 2.45) is 0 Å². The average molecular weight is 389 g/mol. The van der Waals surface area contributed by atoms with Gasteiger partial charge in [-0.1, -0.05) is 6.92 Å². The molecule has 2 N–H and O–H groups in total. The monoisotopic (exact) mass is 389 g/mol. The van der Waals surface area contributed by atoms with E-state index in [0.717, 1.165) is 22.5 Å². The van der Waals surface area contributed by atoms with Crippen LogP contribution in [0.15, 0.2) is 23.1 Å². The quantitative estimate of drug-likeness (QED) is 0.654. The highest BCUT2D eigenvalue weighted by Crippen LogP contribution is 2.18. The normalized spacial score (nSPS) is 11.1. The van der Waals surface area contributed by atoms with Crippen LogP contribution in [0.5, 0.6) is 0 Å². The summed E-state index contributed by atoms with van der Waals surface area (Å²) in [5, 5.41) is 4.31. The second-order valence-corrected chi connectivity index (χ2v) is 7.46. The lowest BCUT2D eigenvalue weighted by atomic mass is 10.2. The Kier molecular flexibility index (Phi) is 7.65. The predicted octanol–water partition coefficient (Wildman–Crippen LogP) is 0.469. The van der Waals surface area contributed by atoms with Crippen molar-refractivity contribution in [1.29, 1.82) is 0 Å². The summed E-state index contributed by atoms with van der Waals surface area (Å²) in [5.74, 6) is -3.15. The molecule has 0 spiro atoms. The van der Waals surface area contributed by atoms with E-state index in [1.54, 1.807) is 0 Å². The SMILES string of the molecule is CCCNC(=O)NC(=O)COC(=O)c1cc(S(=O)(=O)N(C)C)ccc1F. The fourth-order valence-corrected chi connectivity index (χ4v) is 2.61. The van der Waals surface area contributed by atoms with E-state index in [0.29, 0.717) is 13.0 Å². The first-order valence-electron chi connectivity index (χ1n) is 7.56. The zero-order valence-corrected chi connectivity index (χ0v) is 15.4. The Morgan fingerprint density at radius 1 is 1.23 bits per heavy atom. The summed E-state index contributed by atoms with van der Waals surface area (Å²) in [4.78, 5) is 34.4. The number of carbonyl (C=O) groups excluding carboxylic acids is 3. The van der Waals surface area contributed by atoms with Gasteiger partial charge >= 0.3 is 12.0 Å². The predicted molar refractivity (Wildman–Crippen MR) is 89.4 cm³/mol. The summed E-state index contributed by atoms with van der Waals surface area (Å²) in [6.45, 7) is 1.35. The zero-order chi connectivity index (χ0) is 19.9. The van der Waals surface area contributed by atoms with Gasteiger partial charge in [-0.05, 0) is 24.6 Å². The first-order valence-corrected chi connectivity index (χ1v) is 9.00. The number of rotatable bonds is 7. The topological polar surface area (TPSA) is 122 Å². The van der Waals surface area contributed by atoms with Crippen LogP contribution >= 0.6 is 0 Å². The van der Waals surface area contributed by atoms with Crippen molar-refractivity contribution in [3.05, 3.63) is 29.6 Å². The number of nitrogens with one attached hydrogen (secondary N) is 2. The third kappa shape index (κ3) is 5.77. The minimum atomic E-state index is -3.88. The van der Waals surface area contributed by atoms with Crippen LogP contribution in [0.3, 0.4) is 0 Å². The van der Waals surface area contributed by atoms with Crippen molar-refractivity contribution in [1.82, 2.24) is 14.9 Å². The summed E-state index contributed by atoms with van der Waals surface area (Å²) in [6.07, 6.45) is 0.669. The number of hydrogen-bond donors (Lipinski definition) is 2. The van der Waals surface area contributed by atoms with Gasteiger partial charge in [-0.3, -0.25) is 10.1 Å². The van der Waals surface area contributed by atoms with E-state index in [9.17, 15) is 27.2 Å². The van der Waals surface area contributed by atoms with Gasteiger partial charge in [0.25, 0.3) is 5.91 Å². The number of imide groups is 1. The lowest BCUT2D eigenvalue weighted by Crippen LogP contribution is -2.41. The number of carbonyl (C=O) groups is 3. The summed E-state index contributed by atoms with van der Waals surface area (Å²) in [5.41, 5.74) is -0.642. The van der Waals surface area contributed by atoms with Gasteiger partial charge in [-0.15, -0.1) is 0 Å². The molecule has 0 aromatic heterocycles. The molecule has 0 saturated carbocycles. The van der Waals surface area contributed by atoms with Gasteiger partial charge in [0.05, 0.1) is 10.5 Å². The van der Waals surface area contributed by atoms with Gasteiger partial charge in [-0.25, -0.2) is 26.7 Å². The van der Waals surface area contributed by atoms with Gasteiger partial charge < -0.3 is 10.1 Å². The molecule has 0 aliphatic heterocycles. The molecule has 0 unspecified atom stereocenters. The number of ether oxygens (including phenoxy) is 1. The number of amides is 3. The molecule has 0 radical (unpaired) electrons. The minimum absolute atomic E-state index is 0.306. The Labute approximate surface area is 150 Å². The van der Waals surface area contributed by atoms with E-state index in [1.165, 1.54) is 14.1 Å². The third-order valence-corrected chi connectivity index (χ3v) is 4.87. The van der Waals surface area contributed by atoms with Crippen LogP contribution in [0.1, 0.15) is 23.7 Å². The molecule has 0 aliphatic rings. The average Bonchev–Trinajstić information content (AvgIpc) is 2.57. The molecule has 144 valence electrons. The lowest BCUT2D eigenvalue weighted by molar-refractivity contribution is -0.123. The zero-order valence-electron chi connectivity index (χ0n) is 14.5. The van der Waals surface area contributed by atoms with E-state index in [-0.39, 0.29) is 4.90 Å². The number of nitrogens with zero attached hydrogens (tertiary/aromatic N) is 1. The van der Waals surface area contributed by atoms with Gasteiger partial charge in [0, 0.05) is 20.6 Å². The summed E-state index contributed by atoms with van der Waals surface area (Å²) >= 11 is 0. The molecule has 0 saturated heterocycles. The van der Waals surface area contributed by atoms with E-state index >= 15 is 0 Å². The fourth-order valence-electron chi connectivity index (χ4n) is 1.69. The van der Waals surface area contributed by atoms with E-state index in [2.05, 4.69) is 10.1 Å². The second kappa shape index (κ2) is 9.25. The lowest BCUT2D eigenvalue weighted by Gasteiger charge is -2.12. The molecular formula is C15H20FN3O6S. The highest BCUT2D eigenvalue weighted by Gasteiger charge is 2.22. The maximum atomic E-state index is 13.8. The maximum absolute atomic E-state index is 13.8. The number of benzene rings is 1. The van der Waals surface area contributed by atoms with E-state index < -0.39 is 45.9 Å². The maximum Gasteiger partial charge on any atom is 0.341 e. The van der Waals surface area contributed by atoms with Crippen LogP contribution in [-0.2, 0) is 19.6 Å². The molecule has 0 aliphatic carbocycles. The molecule has 0 atom stereocenters. The number of sulfonamides is 1. The van der Waals surface area contributed by atoms with Crippen molar-refractivity contribution >= 4 is 27.9 Å². The summed E-state index contributed by atoms with van der Waals surface area (Å²) < 4.78 is 43.4. The van der Waals surface area contributed by atoms with Crippen LogP contribution < -0.4 is 10.6 Å². The minimum Gasteiger partial charge on any atom is -0.452 e. The summed E-state index contributed by atoms with van der Waals surface area (Å²) in [6, 6.07) is 1.88.